The molecule has 0 spiro atoms. The van der Waals surface area contributed by atoms with Gasteiger partial charge < -0.3 is 20.5 Å². The standard InChI is InChI=1S/C14H22N2O4S/c1-5-9-8(3)21-13(11(9)14(18)20-6-2)16-12(17)10(15)7-19-4/h10H,5-7,15H2,1-4H3,(H,16,17). The summed E-state index contributed by atoms with van der Waals surface area (Å²) in [7, 11) is 1.47. The van der Waals surface area contributed by atoms with Gasteiger partial charge in [0.15, 0.2) is 0 Å². The van der Waals surface area contributed by atoms with Crippen molar-refractivity contribution >= 4 is 28.2 Å². The average molecular weight is 314 g/mol. The van der Waals surface area contributed by atoms with E-state index in [2.05, 4.69) is 5.32 Å². The Balaban J connectivity index is 3.06. The third kappa shape index (κ3) is 4.26. The molecule has 21 heavy (non-hydrogen) atoms. The smallest absolute Gasteiger partial charge is 0.341 e. The molecule has 6 nitrogen and oxygen atoms in total. The topological polar surface area (TPSA) is 90.7 Å². The van der Waals surface area contributed by atoms with Crippen molar-refractivity contribution in [1.82, 2.24) is 0 Å². The highest BCUT2D eigenvalue weighted by atomic mass is 32.1. The van der Waals surface area contributed by atoms with E-state index in [4.69, 9.17) is 15.2 Å². The summed E-state index contributed by atoms with van der Waals surface area (Å²) in [6.45, 7) is 6.02. The van der Waals surface area contributed by atoms with E-state index in [1.165, 1.54) is 18.4 Å². The minimum atomic E-state index is -0.780. The van der Waals surface area contributed by atoms with E-state index in [0.717, 1.165) is 10.4 Å². The number of hydrogen-bond acceptors (Lipinski definition) is 6. The first kappa shape index (κ1) is 17.6. The van der Waals surface area contributed by atoms with E-state index in [9.17, 15) is 9.59 Å². The summed E-state index contributed by atoms with van der Waals surface area (Å²) in [5, 5.41) is 3.19. The monoisotopic (exact) mass is 314 g/mol. The van der Waals surface area contributed by atoms with Gasteiger partial charge in [0.2, 0.25) is 5.91 Å². The Morgan fingerprint density at radius 2 is 2.05 bits per heavy atom. The minimum absolute atomic E-state index is 0.117. The molecule has 0 fully saturated rings. The molecule has 0 aromatic carbocycles. The van der Waals surface area contributed by atoms with Gasteiger partial charge in [-0.1, -0.05) is 6.92 Å². The second kappa shape index (κ2) is 8.11. The summed E-state index contributed by atoms with van der Waals surface area (Å²) in [5.74, 6) is -0.805. The SMILES string of the molecule is CCOC(=O)c1c(NC(=O)C(N)COC)sc(C)c1CC. The lowest BCUT2D eigenvalue weighted by molar-refractivity contribution is -0.118. The average Bonchev–Trinajstić information content (AvgIpc) is 2.74. The van der Waals surface area contributed by atoms with Crippen molar-refractivity contribution in [3.63, 3.8) is 0 Å². The number of methoxy groups -OCH3 is 1. The lowest BCUT2D eigenvalue weighted by atomic mass is 10.1. The van der Waals surface area contributed by atoms with Crippen LogP contribution in [-0.2, 0) is 20.7 Å². The highest BCUT2D eigenvalue weighted by Crippen LogP contribution is 2.34. The predicted octanol–water partition coefficient (Wildman–Crippen LogP) is 1.71. The third-order valence-corrected chi connectivity index (χ3v) is 4.02. The number of hydrogen-bond donors (Lipinski definition) is 2. The second-order valence-electron chi connectivity index (χ2n) is 4.47. The van der Waals surface area contributed by atoms with E-state index >= 15 is 0 Å². The molecule has 1 unspecified atom stereocenters. The number of esters is 1. The number of carbonyl (C=O) groups excluding carboxylic acids is 2. The first-order valence-corrected chi connectivity index (χ1v) is 7.62. The van der Waals surface area contributed by atoms with Crippen molar-refractivity contribution in [3.8, 4) is 0 Å². The predicted molar refractivity (Wildman–Crippen MR) is 82.9 cm³/mol. The van der Waals surface area contributed by atoms with Crippen molar-refractivity contribution in [2.75, 3.05) is 25.6 Å². The van der Waals surface area contributed by atoms with Gasteiger partial charge in [-0.05, 0) is 25.8 Å². The largest absolute Gasteiger partial charge is 0.462 e. The van der Waals surface area contributed by atoms with Crippen molar-refractivity contribution in [1.29, 1.82) is 0 Å². The van der Waals surface area contributed by atoms with Crippen LogP contribution in [0.2, 0.25) is 0 Å². The van der Waals surface area contributed by atoms with Crippen molar-refractivity contribution < 1.29 is 19.1 Å². The van der Waals surface area contributed by atoms with Crippen molar-refractivity contribution in [2.24, 2.45) is 5.73 Å². The molecule has 0 bridgehead atoms. The highest BCUT2D eigenvalue weighted by molar-refractivity contribution is 7.16. The first-order chi connectivity index (χ1) is 9.96. The maximum absolute atomic E-state index is 12.1. The summed E-state index contributed by atoms with van der Waals surface area (Å²) in [5.41, 5.74) is 7.02. The summed E-state index contributed by atoms with van der Waals surface area (Å²) >= 11 is 1.35. The molecule has 0 aliphatic carbocycles. The van der Waals surface area contributed by atoms with E-state index in [0.29, 0.717) is 17.0 Å². The number of anilines is 1. The first-order valence-electron chi connectivity index (χ1n) is 6.80. The molecule has 0 aliphatic rings. The van der Waals surface area contributed by atoms with Gasteiger partial charge in [0.25, 0.3) is 0 Å². The van der Waals surface area contributed by atoms with Crippen LogP contribution in [0.5, 0.6) is 0 Å². The van der Waals surface area contributed by atoms with Crippen LogP contribution in [0.3, 0.4) is 0 Å². The molecule has 1 aromatic heterocycles. The fourth-order valence-corrected chi connectivity index (χ4v) is 3.11. The molecule has 1 heterocycles. The van der Waals surface area contributed by atoms with Gasteiger partial charge >= 0.3 is 5.97 Å². The van der Waals surface area contributed by atoms with Crippen LogP contribution in [0.4, 0.5) is 5.00 Å². The Morgan fingerprint density at radius 1 is 1.38 bits per heavy atom. The number of ether oxygens (including phenoxy) is 2. The molecule has 0 saturated carbocycles. The zero-order valence-electron chi connectivity index (χ0n) is 12.8. The molecule has 1 rings (SSSR count). The Morgan fingerprint density at radius 3 is 2.57 bits per heavy atom. The maximum atomic E-state index is 12.1. The zero-order valence-corrected chi connectivity index (χ0v) is 13.6. The van der Waals surface area contributed by atoms with Gasteiger partial charge in [-0.2, -0.15) is 0 Å². The maximum Gasteiger partial charge on any atom is 0.341 e. The number of amides is 1. The molecule has 0 radical (unpaired) electrons. The number of rotatable bonds is 7. The number of thiophene rings is 1. The Kier molecular flexibility index (Phi) is 6.80. The van der Waals surface area contributed by atoms with Crippen LogP contribution >= 0.6 is 11.3 Å². The zero-order chi connectivity index (χ0) is 16.0. The Labute approximate surface area is 128 Å². The van der Waals surface area contributed by atoms with Crippen LogP contribution in [-0.4, -0.2) is 38.2 Å². The lowest BCUT2D eigenvalue weighted by Crippen LogP contribution is -2.39. The fourth-order valence-electron chi connectivity index (χ4n) is 1.97. The van der Waals surface area contributed by atoms with Crippen LogP contribution < -0.4 is 11.1 Å². The number of nitrogens with one attached hydrogen (secondary N) is 1. The lowest BCUT2D eigenvalue weighted by Gasteiger charge is -2.11. The molecule has 1 amide bonds. The van der Waals surface area contributed by atoms with E-state index in [1.807, 2.05) is 13.8 Å². The Hall–Kier alpha value is -1.44. The minimum Gasteiger partial charge on any atom is -0.462 e. The van der Waals surface area contributed by atoms with Gasteiger partial charge in [-0.15, -0.1) is 11.3 Å². The van der Waals surface area contributed by atoms with Crippen LogP contribution in [0.15, 0.2) is 0 Å². The van der Waals surface area contributed by atoms with Gasteiger partial charge in [0, 0.05) is 12.0 Å². The summed E-state index contributed by atoms with van der Waals surface area (Å²) < 4.78 is 9.93. The van der Waals surface area contributed by atoms with Crippen LogP contribution in [0, 0.1) is 6.92 Å². The fraction of sp³-hybridized carbons (Fsp3) is 0.571. The third-order valence-electron chi connectivity index (χ3n) is 2.96. The van der Waals surface area contributed by atoms with Crippen molar-refractivity contribution in [3.05, 3.63) is 16.0 Å². The van der Waals surface area contributed by atoms with Gasteiger partial charge in [0.1, 0.15) is 11.0 Å². The highest BCUT2D eigenvalue weighted by Gasteiger charge is 2.24. The summed E-state index contributed by atoms with van der Waals surface area (Å²) in [4.78, 5) is 25.1. The molecule has 7 heteroatoms. The summed E-state index contributed by atoms with van der Waals surface area (Å²) in [6.07, 6.45) is 0.691. The molecular weight excluding hydrogens is 292 g/mol. The number of carbonyl (C=O) groups is 2. The number of aryl methyl sites for hydroxylation is 1. The normalized spacial score (nSPS) is 12.0. The second-order valence-corrected chi connectivity index (χ2v) is 5.69. The quantitative estimate of drug-likeness (QED) is 0.748. The van der Waals surface area contributed by atoms with Crippen LogP contribution in [0.25, 0.3) is 0 Å². The van der Waals surface area contributed by atoms with Gasteiger partial charge in [-0.3, -0.25) is 4.79 Å². The summed E-state index contributed by atoms with van der Waals surface area (Å²) in [6, 6.07) is -0.780. The molecule has 118 valence electrons. The molecular formula is C14H22N2O4S. The number of nitrogens with two attached hydrogens (primary N) is 1. The van der Waals surface area contributed by atoms with E-state index < -0.39 is 12.0 Å². The van der Waals surface area contributed by atoms with Crippen LogP contribution in [0.1, 0.15) is 34.6 Å². The van der Waals surface area contributed by atoms with E-state index in [1.54, 1.807) is 6.92 Å². The molecule has 0 saturated heterocycles. The van der Waals surface area contributed by atoms with Gasteiger partial charge in [-0.25, -0.2) is 4.79 Å². The molecule has 1 aromatic rings. The van der Waals surface area contributed by atoms with Crippen molar-refractivity contribution in [2.45, 2.75) is 33.2 Å². The van der Waals surface area contributed by atoms with Gasteiger partial charge in [0.05, 0.1) is 18.8 Å². The molecule has 0 aliphatic heterocycles. The van der Waals surface area contributed by atoms with E-state index in [-0.39, 0.29) is 19.1 Å². The molecule has 3 N–H and O–H groups in total. The molecule has 1 atom stereocenters. The Bertz CT molecular complexity index is 513.